The second kappa shape index (κ2) is 5.76. The monoisotopic (exact) mass is 281 g/mol. The molecule has 2 amide bonds. The van der Waals surface area contributed by atoms with Crippen LogP contribution in [0.3, 0.4) is 0 Å². The topological polar surface area (TPSA) is 83.6 Å². The molecule has 8 nitrogen and oxygen atoms in total. The van der Waals surface area contributed by atoms with Crippen molar-refractivity contribution in [1.29, 1.82) is 0 Å². The molecule has 1 aromatic rings. The molecule has 2 saturated heterocycles. The van der Waals surface area contributed by atoms with Crippen LogP contribution < -0.4 is 0 Å². The van der Waals surface area contributed by atoms with E-state index in [0.29, 0.717) is 39.4 Å². The van der Waals surface area contributed by atoms with Crippen LogP contribution in [0.15, 0.2) is 6.20 Å². The van der Waals surface area contributed by atoms with E-state index in [1.54, 1.807) is 13.3 Å². The predicted molar refractivity (Wildman–Crippen MR) is 69.3 cm³/mol. The Morgan fingerprint density at radius 3 is 2.85 bits per heavy atom. The summed E-state index contributed by atoms with van der Waals surface area (Å²) in [4.78, 5) is 16.1. The van der Waals surface area contributed by atoms with E-state index < -0.39 is 0 Å². The molecule has 0 spiro atoms. The Bertz CT molecular complexity index is 446. The first-order valence-electron chi connectivity index (χ1n) is 6.79. The van der Waals surface area contributed by atoms with E-state index in [4.69, 9.17) is 9.47 Å². The molecule has 110 valence electrons. The van der Waals surface area contributed by atoms with Crippen molar-refractivity contribution in [3.8, 4) is 0 Å². The Kier molecular flexibility index (Phi) is 3.83. The van der Waals surface area contributed by atoms with Crippen LogP contribution in [0.2, 0.25) is 0 Å². The quantitative estimate of drug-likeness (QED) is 0.802. The normalized spacial score (nSPS) is 27.1. The van der Waals surface area contributed by atoms with Gasteiger partial charge in [-0.1, -0.05) is 0 Å². The fraction of sp³-hybridized carbons (Fsp3) is 0.750. The Morgan fingerprint density at radius 2 is 2.20 bits per heavy atom. The van der Waals surface area contributed by atoms with E-state index in [-0.39, 0.29) is 18.1 Å². The molecule has 0 aliphatic carbocycles. The summed E-state index contributed by atoms with van der Waals surface area (Å²) in [6, 6.07) is 0.0568. The van der Waals surface area contributed by atoms with Gasteiger partial charge in [-0.15, -0.1) is 0 Å². The molecule has 2 aliphatic rings. The number of carbonyl (C=O) groups excluding carboxylic acids is 1. The average Bonchev–Trinajstić information content (AvgIpc) is 3.16. The molecule has 1 N–H and O–H groups in total. The van der Waals surface area contributed by atoms with Crippen LogP contribution in [0.25, 0.3) is 0 Å². The highest BCUT2D eigenvalue weighted by Crippen LogP contribution is 2.28. The minimum absolute atomic E-state index is 0.0370. The first-order valence-corrected chi connectivity index (χ1v) is 6.79. The van der Waals surface area contributed by atoms with Gasteiger partial charge in [-0.3, -0.25) is 0 Å². The number of methoxy groups -OCH3 is 1. The summed E-state index contributed by atoms with van der Waals surface area (Å²) in [7, 11) is 1.67. The van der Waals surface area contributed by atoms with Gasteiger partial charge in [0.1, 0.15) is 0 Å². The van der Waals surface area contributed by atoms with Gasteiger partial charge in [0, 0.05) is 33.3 Å². The smallest absolute Gasteiger partial charge is 0.320 e. The number of hydrogen-bond acceptors (Lipinski definition) is 5. The van der Waals surface area contributed by atoms with Gasteiger partial charge in [0.15, 0.2) is 0 Å². The van der Waals surface area contributed by atoms with Gasteiger partial charge in [-0.05, 0) is 0 Å². The maximum atomic E-state index is 12.5. The minimum atomic E-state index is -0.0370. The molecule has 2 fully saturated rings. The number of ether oxygens (including phenoxy) is 2. The van der Waals surface area contributed by atoms with Crippen molar-refractivity contribution in [1.82, 2.24) is 25.2 Å². The second-order valence-electron chi connectivity index (χ2n) is 5.06. The van der Waals surface area contributed by atoms with E-state index in [1.807, 2.05) is 9.80 Å². The van der Waals surface area contributed by atoms with Gasteiger partial charge in [-0.2, -0.15) is 15.4 Å². The average molecular weight is 281 g/mol. The van der Waals surface area contributed by atoms with Crippen LogP contribution in [-0.4, -0.2) is 83.8 Å². The first-order chi connectivity index (χ1) is 9.79. The lowest BCUT2D eigenvalue weighted by Crippen LogP contribution is -2.47. The SMILES string of the molecule is CO[C@@H]1CN(C(=O)N2CCOCC2)C[C@H]1c1cn[nH]n1. The molecule has 0 unspecified atom stereocenters. The highest BCUT2D eigenvalue weighted by molar-refractivity contribution is 5.75. The molecule has 2 aliphatic heterocycles. The Labute approximate surface area is 117 Å². The third-order valence-electron chi connectivity index (χ3n) is 3.93. The second-order valence-corrected chi connectivity index (χ2v) is 5.06. The predicted octanol–water partition coefficient (Wildman–Crippen LogP) is -0.329. The number of nitrogens with zero attached hydrogens (tertiary/aromatic N) is 4. The van der Waals surface area contributed by atoms with E-state index in [1.165, 1.54) is 0 Å². The molecule has 3 rings (SSSR count). The fourth-order valence-electron chi connectivity index (χ4n) is 2.80. The standard InChI is InChI=1S/C12H19N5O3/c1-19-11-8-17(7-9(11)10-6-13-15-14-10)12(18)16-2-4-20-5-3-16/h6,9,11H,2-5,7-8H2,1H3,(H,13,14,15)/t9-,11+/m0/s1. The zero-order valence-corrected chi connectivity index (χ0v) is 11.5. The number of aromatic nitrogens is 3. The third-order valence-corrected chi connectivity index (χ3v) is 3.93. The lowest BCUT2D eigenvalue weighted by atomic mass is 10.0. The van der Waals surface area contributed by atoms with E-state index in [0.717, 1.165) is 5.69 Å². The summed E-state index contributed by atoms with van der Waals surface area (Å²) in [6.45, 7) is 3.73. The van der Waals surface area contributed by atoms with Gasteiger partial charge >= 0.3 is 6.03 Å². The number of H-pyrrole nitrogens is 1. The van der Waals surface area contributed by atoms with Crippen LogP contribution in [0, 0.1) is 0 Å². The van der Waals surface area contributed by atoms with Gasteiger partial charge in [0.05, 0.1) is 37.1 Å². The lowest BCUT2D eigenvalue weighted by Gasteiger charge is -2.30. The molecule has 3 heterocycles. The molecule has 0 radical (unpaired) electrons. The van der Waals surface area contributed by atoms with Gasteiger partial charge in [0.25, 0.3) is 0 Å². The summed E-state index contributed by atoms with van der Waals surface area (Å²) in [5.74, 6) is 0.0729. The number of aromatic amines is 1. The molecule has 8 heteroatoms. The summed E-state index contributed by atoms with van der Waals surface area (Å²) >= 11 is 0. The van der Waals surface area contributed by atoms with E-state index in [9.17, 15) is 4.79 Å². The molecule has 1 aromatic heterocycles. The molecular formula is C12H19N5O3. The number of nitrogens with one attached hydrogen (secondary N) is 1. The maximum Gasteiger partial charge on any atom is 0.320 e. The van der Waals surface area contributed by atoms with Crippen LogP contribution in [0.1, 0.15) is 11.6 Å². The summed E-state index contributed by atoms with van der Waals surface area (Å²) in [5, 5.41) is 10.6. The molecule has 0 saturated carbocycles. The largest absolute Gasteiger partial charge is 0.379 e. The highest BCUT2D eigenvalue weighted by Gasteiger charge is 2.39. The van der Waals surface area contributed by atoms with Gasteiger partial charge in [0.2, 0.25) is 0 Å². The minimum Gasteiger partial charge on any atom is -0.379 e. The van der Waals surface area contributed by atoms with E-state index in [2.05, 4.69) is 15.4 Å². The van der Waals surface area contributed by atoms with Gasteiger partial charge in [-0.25, -0.2) is 4.79 Å². The van der Waals surface area contributed by atoms with Crippen LogP contribution in [0.4, 0.5) is 4.79 Å². The van der Waals surface area contributed by atoms with Crippen LogP contribution in [-0.2, 0) is 9.47 Å². The van der Waals surface area contributed by atoms with Crippen molar-refractivity contribution in [3.63, 3.8) is 0 Å². The number of rotatable bonds is 2. The van der Waals surface area contributed by atoms with Crippen molar-refractivity contribution in [2.24, 2.45) is 0 Å². The van der Waals surface area contributed by atoms with Crippen LogP contribution >= 0.6 is 0 Å². The van der Waals surface area contributed by atoms with Gasteiger partial charge < -0.3 is 19.3 Å². The Hall–Kier alpha value is -1.67. The van der Waals surface area contributed by atoms with Crippen molar-refractivity contribution in [2.75, 3.05) is 46.5 Å². The van der Waals surface area contributed by atoms with Crippen molar-refractivity contribution < 1.29 is 14.3 Å². The molecular weight excluding hydrogens is 262 g/mol. The summed E-state index contributed by atoms with van der Waals surface area (Å²) in [5.41, 5.74) is 0.842. The number of likely N-dealkylation sites (tertiary alicyclic amines) is 1. The number of urea groups is 1. The van der Waals surface area contributed by atoms with Crippen molar-refractivity contribution >= 4 is 6.03 Å². The third kappa shape index (κ3) is 2.48. The highest BCUT2D eigenvalue weighted by atomic mass is 16.5. The number of amides is 2. The number of carbonyl (C=O) groups is 1. The molecule has 0 bridgehead atoms. The Morgan fingerprint density at radius 1 is 1.40 bits per heavy atom. The number of morpholine rings is 1. The Balaban J connectivity index is 1.68. The van der Waals surface area contributed by atoms with Crippen molar-refractivity contribution in [3.05, 3.63) is 11.9 Å². The molecule has 0 aromatic carbocycles. The summed E-state index contributed by atoms with van der Waals surface area (Å²) in [6.07, 6.45) is 1.66. The van der Waals surface area contributed by atoms with Crippen molar-refractivity contribution in [2.45, 2.75) is 12.0 Å². The zero-order valence-electron chi connectivity index (χ0n) is 11.5. The maximum absolute atomic E-state index is 12.5. The number of hydrogen-bond donors (Lipinski definition) is 1. The molecule has 20 heavy (non-hydrogen) atoms. The fourth-order valence-corrected chi connectivity index (χ4v) is 2.80. The first kappa shape index (κ1) is 13.3. The van der Waals surface area contributed by atoms with Crippen LogP contribution in [0.5, 0.6) is 0 Å². The zero-order chi connectivity index (χ0) is 13.9. The molecule has 2 atom stereocenters. The summed E-state index contributed by atoms with van der Waals surface area (Å²) < 4.78 is 10.8. The lowest BCUT2D eigenvalue weighted by molar-refractivity contribution is 0.0430. The van der Waals surface area contributed by atoms with E-state index >= 15 is 0 Å².